The Kier molecular flexibility index (Phi) is 4.28. The summed E-state index contributed by atoms with van der Waals surface area (Å²) in [7, 11) is 0. The lowest BCUT2D eigenvalue weighted by Gasteiger charge is -2.34. The molecule has 0 saturated carbocycles. The van der Waals surface area contributed by atoms with Crippen molar-refractivity contribution in [3.05, 3.63) is 102 Å². The largest absolute Gasteiger partial charge is 0.348 e. The van der Waals surface area contributed by atoms with E-state index in [1.807, 2.05) is 59.5 Å². The Morgan fingerprint density at radius 3 is 2.78 bits per heavy atom. The number of benzene rings is 1. The number of carbonyl (C=O) groups excluding carboxylic acids is 1. The number of hydrogen-bond donors (Lipinski definition) is 1. The maximum Gasteiger partial charge on any atom is 0.273 e. The van der Waals surface area contributed by atoms with Crippen LogP contribution in [0.2, 0.25) is 0 Å². The molecule has 4 aromatic heterocycles. The van der Waals surface area contributed by atoms with Gasteiger partial charge in [0, 0.05) is 30.2 Å². The molecule has 5 aromatic rings. The molecule has 1 amide bonds. The van der Waals surface area contributed by atoms with Crippen molar-refractivity contribution in [2.75, 3.05) is 6.54 Å². The minimum atomic E-state index is -0.394. The van der Waals surface area contributed by atoms with Crippen LogP contribution in [-0.4, -0.2) is 47.1 Å². The summed E-state index contributed by atoms with van der Waals surface area (Å²) in [5.74, 6) is 0.459. The second-order valence-electron chi connectivity index (χ2n) is 7.66. The van der Waals surface area contributed by atoms with Crippen molar-refractivity contribution < 1.29 is 4.79 Å². The summed E-state index contributed by atoms with van der Waals surface area (Å²) in [6.07, 6.45) is 5.69. The molecule has 0 spiro atoms. The van der Waals surface area contributed by atoms with Crippen molar-refractivity contribution in [1.82, 2.24) is 34.6 Å². The van der Waals surface area contributed by atoms with Crippen LogP contribution in [0.5, 0.6) is 0 Å². The number of nitrogens with one attached hydrogen (secondary N) is 1. The highest BCUT2D eigenvalue weighted by Crippen LogP contribution is 2.34. The third-order valence-electron chi connectivity index (χ3n) is 5.81. The highest BCUT2D eigenvalue weighted by molar-refractivity contribution is 5.94. The number of rotatable bonds is 3. The molecule has 156 valence electrons. The van der Waals surface area contributed by atoms with E-state index in [1.54, 1.807) is 29.5 Å². The van der Waals surface area contributed by atoms with Crippen LogP contribution in [0.3, 0.4) is 0 Å². The highest BCUT2D eigenvalue weighted by Gasteiger charge is 2.36. The van der Waals surface area contributed by atoms with Crippen LogP contribution in [-0.2, 0) is 6.42 Å². The lowest BCUT2D eigenvalue weighted by Crippen LogP contribution is -2.41. The first kappa shape index (κ1) is 18.4. The Labute approximate surface area is 183 Å². The van der Waals surface area contributed by atoms with Crippen molar-refractivity contribution in [3.63, 3.8) is 0 Å². The molecule has 1 N–H and O–H groups in total. The van der Waals surface area contributed by atoms with Crippen molar-refractivity contribution in [3.8, 4) is 5.82 Å². The van der Waals surface area contributed by atoms with Gasteiger partial charge in [-0.25, -0.2) is 14.6 Å². The normalized spacial score (nSPS) is 15.6. The quantitative estimate of drug-likeness (QED) is 0.482. The van der Waals surface area contributed by atoms with E-state index in [2.05, 4.69) is 20.1 Å². The Bertz CT molecular complexity index is 1420. The summed E-state index contributed by atoms with van der Waals surface area (Å²) in [6.45, 7) is 0.542. The molecule has 0 radical (unpaired) electrons. The molecule has 5 heterocycles. The van der Waals surface area contributed by atoms with E-state index in [-0.39, 0.29) is 5.91 Å². The van der Waals surface area contributed by atoms with Crippen LogP contribution in [0.1, 0.15) is 33.6 Å². The van der Waals surface area contributed by atoms with E-state index < -0.39 is 6.04 Å². The van der Waals surface area contributed by atoms with E-state index in [4.69, 9.17) is 4.98 Å². The molecule has 32 heavy (non-hydrogen) atoms. The minimum absolute atomic E-state index is 0.137. The predicted octanol–water partition coefficient (Wildman–Crippen LogP) is 3.33. The molecule has 0 aliphatic carbocycles. The third-order valence-corrected chi connectivity index (χ3v) is 5.81. The number of aromatic nitrogens is 6. The number of hydrogen-bond acceptors (Lipinski definition) is 5. The molecule has 1 atom stereocenters. The van der Waals surface area contributed by atoms with E-state index in [0.29, 0.717) is 24.5 Å². The van der Waals surface area contributed by atoms with Crippen molar-refractivity contribution >= 4 is 16.8 Å². The lowest BCUT2D eigenvalue weighted by molar-refractivity contribution is 0.0678. The van der Waals surface area contributed by atoms with Crippen LogP contribution in [0.4, 0.5) is 0 Å². The molecule has 8 heteroatoms. The molecule has 0 bridgehead atoms. The Hall–Kier alpha value is -4.33. The van der Waals surface area contributed by atoms with Crippen LogP contribution >= 0.6 is 0 Å². The summed E-state index contributed by atoms with van der Waals surface area (Å²) in [6, 6.07) is 18.9. The Morgan fingerprint density at radius 2 is 1.88 bits per heavy atom. The number of fused-ring (bicyclic) bond motifs is 2. The summed E-state index contributed by atoms with van der Waals surface area (Å²) in [5.41, 5.74) is 3.99. The van der Waals surface area contributed by atoms with Gasteiger partial charge in [0.1, 0.15) is 11.7 Å². The smallest absolute Gasteiger partial charge is 0.273 e. The molecule has 1 aliphatic heterocycles. The minimum Gasteiger partial charge on any atom is -0.348 e. The maximum atomic E-state index is 13.8. The molecule has 0 fully saturated rings. The Balaban J connectivity index is 1.45. The molecular weight excluding hydrogens is 402 g/mol. The van der Waals surface area contributed by atoms with Crippen LogP contribution in [0.15, 0.2) is 79.4 Å². The maximum absolute atomic E-state index is 13.8. The standard InChI is InChI=1S/C24H19N7O/c32-24(20-10-13-28-31(20)21-7-3-4-12-25-21)30-14-11-18-22(27-15-26-18)23(30)19-9-8-16-5-1-2-6-17(16)29-19/h1-10,12-13,15,23H,11,14H2,(H,26,27)/t23-/m1/s1. The molecule has 8 nitrogen and oxygen atoms in total. The van der Waals surface area contributed by atoms with Gasteiger partial charge in [-0.3, -0.25) is 9.78 Å². The molecule has 1 aliphatic rings. The molecule has 1 aromatic carbocycles. The SMILES string of the molecule is O=C(c1ccnn1-c1ccccn1)N1CCc2[nH]cnc2[C@H]1c1ccc2ccccc2n1. The number of carbonyl (C=O) groups is 1. The summed E-state index contributed by atoms with van der Waals surface area (Å²) >= 11 is 0. The van der Waals surface area contributed by atoms with Gasteiger partial charge in [-0.05, 0) is 30.3 Å². The van der Waals surface area contributed by atoms with Crippen LogP contribution < -0.4 is 0 Å². The van der Waals surface area contributed by atoms with E-state index in [9.17, 15) is 4.79 Å². The number of para-hydroxylation sites is 1. The zero-order chi connectivity index (χ0) is 21.5. The number of aromatic amines is 1. The van der Waals surface area contributed by atoms with E-state index in [1.165, 1.54) is 0 Å². The van der Waals surface area contributed by atoms with Gasteiger partial charge >= 0.3 is 0 Å². The molecule has 0 saturated heterocycles. The fraction of sp³-hybridized carbons (Fsp3) is 0.125. The average molecular weight is 421 g/mol. The summed E-state index contributed by atoms with van der Waals surface area (Å²) in [5, 5.41) is 5.40. The number of imidazole rings is 1. The fourth-order valence-corrected chi connectivity index (χ4v) is 4.30. The topological polar surface area (TPSA) is 92.6 Å². The average Bonchev–Trinajstić information content (AvgIpc) is 3.53. The first-order valence-electron chi connectivity index (χ1n) is 10.4. The Morgan fingerprint density at radius 1 is 0.969 bits per heavy atom. The van der Waals surface area contributed by atoms with Gasteiger partial charge in [-0.2, -0.15) is 5.10 Å². The third kappa shape index (κ3) is 2.96. The zero-order valence-corrected chi connectivity index (χ0v) is 17.1. The van der Waals surface area contributed by atoms with E-state index in [0.717, 1.165) is 28.0 Å². The number of amides is 1. The lowest BCUT2D eigenvalue weighted by atomic mass is 9.98. The monoisotopic (exact) mass is 421 g/mol. The highest BCUT2D eigenvalue weighted by atomic mass is 16.2. The fourth-order valence-electron chi connectivity index (χ4n) is 4.30. The summed E-state index contributed by atoms with van der Waals surface area (Å²) < 4.78 is 1.58. The first-order valence-corrected chi connectivity index (χ1v) is 10.4. The zero-order valence-electron chi connectivity index (χ0n) is 17.1. The molecule has 6 rings (SSSR count). The van der Waals surface area contributed by atoms with Gasteiger partial charge in [0.25, 0.3) is 5.91 Å². The van der Waals surface area contributed by atoms with Crippen molar-refractivity contribution in [1.29, 1.82) is 0 Å². The van der Waals surface area contributed by atoms with E-state index >= 15 is 0 Å². The van der Waals surface area contributed by atoms with Crippen LogP contribution in [0.25, 0.3) is 16.7 Å². The first-order chi connectivity index (χ1) is 15.8. The number of H-pyrrole nitrogens is 1. The van der Waals surface area contributed by atoms with Gasteiger partial charge in [0.05, 0.1) is 29.4 Å². The second-order valence-corrected chi connectivity index (χ2v) is 7.66. The number of pyridine rings is 2. The van der Waals surface area contributed by atoms with Gasteiger partial charge in [0.2, 0.25) is 0 Å². The molecular formula is C24H19N7O. The van der Waals surface area contributed by atoms with Crippen LogP contribution in [0, 0.1) is 0 Å². The van der Waals surface area contributed by atoms with Crippen molar-refractivity contribution in [2.24, 2.45) is 0 Å². The van der Waals surface area contributed by atoms with Gasteiger partial charge in [-0.1, -0.05) is 30.3 Å². The number of nitrogens with zero attached hydrogens (tertiary/aromatic N) is 6. The van der Waals surface area contributed by atoms with Crippen molar-refractivity contribution in [2.45, 2.75) is 12.5 Å². The second kappa shape index (κ2) is 7.42. The summed E-state index contributed by atoms with van der Waals surface area (Å²) in [4.78, 5) is 32.7. The molecule has 0 unspecified atom stereocenters. The predicted molar refractivity (Wildman–Crippen MR) is 118 cm³/mol. The van der Waals surface area contributed by atoms with Gasteiger partial charge in [-0.15, -0.1) is 0 Å². The van der Waals surface area contributed by atoms with Gasteiger partial charge < -0.3 is 9.88 Å². The van der Waals surface area contributed by atoms with Gasteiger partial charge in [0.15, 0.2) is 5.82 Å².